The van der Waals surface area contributed by atoms with Crippen molar-refractivity contribution in [3.63, 3.8) is 0 Å². The van der Waals surface area contributed by atoms with Gasteiger partial charge in [0.05, 0.1) is 12.1 Å². The van der Waals surface area contributed by atoms with Crippen molar-refractivity contribution in [3.05, 3.63) is 0 Å². The summed E-state index contributed by atoms with van der Waals surface area (Å²) >= 11 is 0. The summed E-state index contributed by atoms with van der Waals surface area (Å²) in [4.78, 5) is 0. The highest BCUT2D eigenvalue weighted by molar-refractivity contribution is 4.81. The molecule has 3 unspecified atom stereocenters. The van der Waals surface area contributed by atoms with Crippen molar-refractivity contribution in [2.75, 3.05) is 6.61 Å². The predicted octanol–water partition coefficient (Wildman–Crippen LogP) is 1.93. The molecule has 0 aliphatic rings. The highest BCUT2D eigenvalue weighted by Gasteiger charge is 2.27. The van der Waals surface area contributed by atoms with E-state index in [0.29, 0.717) is 11.8 Å². The molecule has 3 nitrogen and oxygen atoms in total. The van der Waals surface area contributed by atoms with Crippen LogP contribution in [0.5, 0.6) is 0 Å². The molecular weight excluding hydrogens is 176 g/mol. The maximum atomic E-state index is 5.74. The Labute approximate surface area is 88.4 Å². The number of rotatable bonds is 7. The lowest BCUT2D eigenvalue weighted by Gasteiger charge is -2.33. The lowest BCUT2D eigenvalue weighted by molar-refractivity contribution is -0.0104. The van der Waals surface area contributed by atoms with E-state index < -0.39 is 0 Å². The zero-order valence-corrected chi connectivity index (χ0v) is 10.2. The predicted molar refractivity (Wildman–Crippen MR) is 60.8 cm³/mol. The van der Waals surface area contributed by atoms with Gasteiger partial charge in [0, 0.05) is 6.61 Å². The van der Waals surface area contributed by atoms with E-state index in [9.17, 15) is 0 Å². The van der Waals surface area contributed by atoms with Gasteiger partial charge in [-0.2, -0.15) is 0 Å². The van der Waals surface area contributed by atoms with Gasteiger partial charge in [-0.1, -0.05) is 34.1 Å². The molecule has 0 bridgehead atoms. The third-order valence-electron chi connectivity index (χ3n) is 2.82. The Morgan fingerprint density at radius 1 is 1.21 bits per heavy atom. The van der Waals surface area contributed by atoms with Crippen LogP contribution >= 0.6 is 0 Å². The van der Waals surface area contributed by atoms with Crippen LogP contribution in [-0.4, -0.2) is 18.8 Å². The Hall–Kier alpha value is -0.120. The normalized spacial score (nSPS) is 18.2. The largest absolute Gasteiger partial charge is 0.377 e. The van der Waals surface area contributed by atoms with E-state index in [4.69, 9.17) is 10.6 Å². The van der Waals surface area contributed by atoms with Crippen molar-refractivity contribution in [1.29, 1.82) is 0 Å². The monoisotopic (exact) mass is 202 g/mol. The SMILES string of the molecule is CCOC(C(C)C)C(NN)C(C)CC. The van der Waals surface area contributed by atoms with E-state index in [-0.39, 0.29) is 12.1 Å². The zero-order chi connectivity index (χ0) is 11.1. The van der Waals surface area contributed by atoms with Crippen LogP contribution < -0.4 is 11.3 Å². The molecule has 0 fully saturated rings. The van der Waals surface area contributed by atoms with Gasteiger partial charge in [-0.25, -0.2) is 0 Å². The zero-order valence-electron chi connectivity index (χ0n) is 10.2. The smallest absolute Gasteiger partial charge is 0.0766 e. The first-order chi connectivity index (χ1) is 6.58. The van der Waals surface area contributed by atoms with E-state index in [0.717, 1.165) is 13.0 Å². The van der Waals surface area contributed by atoms with Crippen molar-refractivity contribution >= 4 is 0 Å². The van der Waals surface area contributed by atoms with Crippen LogP contribution in [0.1, 0.15) is 41.0 Å². The molecule has 3 heteroatoms. The van der Waals surface area contributed by atoms with Crippen LogP contribution in [0.15, 0.2) is 0 Å². The number of ether oxygens (including phenoxy) is 1. The fourth-order valence-corrected chi connectivity index (χ4v) is 1.74. The molecule has 86 valence electrons. The topological polar surface area (TPSA) is 47.3 Å². The third kappa shape index (κ3) is 3.95. The summed E-state index contributed by atoms with van der Waals surface area (Å²) < 4.78 is 5.74. The Morgan fingerprint density at radius 3 is 2.07 bits per heavy atom. The molecule has 0 saturated carbocycles. The van der Waals surface area contributed by atoms with Crippen LogP contribution in [0.2, 0.25) is 0 Å². The molecule has 14 heavy (non-hydrogen) atoms. The van der Waals surface area contributed by atoms with Gasteiger partial charge < -0.3 is 4.74 Å². The van der Waals surface area contributed by atoms with Gasteiger partial charge in [0.25, 0.3) is 0 Å². The minimum absolute atomic E-state index is 0.208. The van der Waals surface area contributed by atoms with Gasteiger partial charge in [0.1, 0.15) is 0 Å². The lowest BCUT2D eigenvalue weighted by atomic mass is 9.89. The van der Waals surface area contributed by atoms with Crippen molar-refractivity contribution < 1.29 is 4.74 Å². The quantitative estimate of drug-likeness (QED) is 0.490. The van der Waals surface area contributed by atoms with Crippen molar-refractivity contribution in [1.82, 2.24) is 5.43 Å². The maximum Gasteiger partial charge on any atom is 0.0766 e. The molecule has 0 heterocycles. The fraction of sp³-hybridized carbons (Fsp3) is 1.00. The number of nitrogens with two attached hydrogens (primary N) is 1. The molecule has 0 aliphatic heterocycles. The third-order valence-corrected chi connectivity index (χ3v) is 2.82. The molecule has 0 aromatic rings. The molecular formula is C11H26N2O. The lowest BCUT2D eigenvalue weighted by Crippen LogP contribution is -2.51. The first-order valence-electron chi connectivity index (χ1n) is 5.66. The van der Waals surface area contributed by atoms with E-state index in [1.165, 1.54) is 0 Å². The molecule has 0 amide bonds. The Morgan fingerprint density at radius 2 is 1.79 bits per heavy atom. The van der Waals surface area contributed by atoms with Gasteiger partial charge in [-0.05, 0) is 18.8 Å². The van der Waals surface area contributed by atoms with Crippen LogP contribution in [0, 0.1) is 11.8 Å². The average molecular weight is 202 g/mol. The van der Waals surface area contributed by atoms with Gasteiger partial charge in [-0.3, -0.25) is 11.3 Å². The first-order valence-corrected chi connectivity index (χ1v) is 5.66. The maximum absolute atomic E-state index is 5.74. The molecule has 0 aromatic heterocycles. The fourth-order valence-electron chi connectivity index (χ4n) is 1.74. The van der Waals surface area contributed by atoms with Crippen molar-refractivity contribution in [2.24, 2.45) is 17.7 Å². The second-order valence-electron chi connectivity index (χ2n) is 4.24. The van der Waals surface area contributed by atoms with Crippen LogP contribution in [-0.2, 0) is 4.74 Å². The van der Waals surface area contributed by atoms with Crippen LogP contribution in [0.4, 0.5) is 0 Å². The van der Waals surface area contributed by atoms with Crippen LogP contribution in [0.25, 0.3) is 0 Å². The highest BCUT2D eigenvalue weighted by atomic mass is 16.5. The number of hydrogen-bond donors (Lipinski definition) is 2. The van der Waals surface area contributed by atoms with Crippen molar-refractivity contribution in [3.8, 4) is 0 Å². The summed E-state index contributed by atoms with van der Waals surface area (Å²) in [6.45, 7) is 11.5. The molecule has 3 N–H and O–H groups in total. The van der Waals surface area contributed by atoms with E-state index in [1.54, 1.807) is 0 Å². The number of hydrazine groups is 1. The van der Waals surface area contributed by atoms with E-state index in [2.05, 4.69) is 33.1 Å². The molecule has 0 aliphatic carbocycles. The van der Waals surface area contributed by atoms with Crippen LogP contribution in [0.3, 0.4) is 0 Å². The number of nitrogens with one attached hydrogen (secondary N) is 1. The summed E-state index contributed by atoms with van der Waals surface area (Å²) in [7, 11) is 0. The number of hydrogen-bond acceptors (Lipinski definition) is 3. The molecule has 0 aromatic carbocycles. The Bertz CT molecular complexity index is 139. The summed E-state index contributed by atoms with van der Waals surface area (Å²) in [6.07, 6.45) is 1.32. The highest BCUT2D eigenvalue weighted by Crippen LogP contribution is 2.19. The summed E-state index contributed by atoms with van der Waals surface area (Å²) in [5.74, 6) is 6.62. The molecule has 0 rings (SSSR count). The summed E-state index contributed by atoms with van der Waals surface area (Å²) in [6, 6.07) is 0.250. The Balaban J connectivity index is 4.40. The van der Waals surface area contributed by atoms with E-state index >= 15 is 0 Å². The average Bonchev–Trinajstić information content (AvgIpc) is 2.16. The van der Waals surface area contributed by atoms with Gasteiger partial charge >= 0.3 is 0 Å². The van der Waals surface area contributed by atoms with Gasteiger partial charge in [0.15, 0.2) is 0 Å². The molecule has 0 radical (unpaired) electrons. The summed E-state index contributed by atoms with van der Waals surface area (Å²) in [5.41, 5.74) is 2.89. The van der Waals surface area contributed by atoms with Gasteiger partial charge in [-0.15, -0.1) is 0 Å². The minimum Gasteiger partial charge on any atom is -0.377 e. The minimum atomic E-state index is 0.208. The molecule has 0 spiro atoms. The first kappa shape index (κ1) is 13.9. The standard InChI is InChI=1S/C11H26N2O/c1-6-9(5)10(13-12)11(8(3)4)14-7-2/h8-11,13H,6-7,12H2,1-5H3. The van der Waals surface area contributed by atoms with Crippen molar-refractivity contribution in [2.45, 2.75) is 53.2 Å². The van der Waals surface area contributed by atoms with E-state index in [1.807, 2.05) is 6.92 Å². The Kier molecular flexibility index (Phi) is 7.15. The summed E-state index contributed by atoms with van der Waals surface area (Å²) in [5, 5.41) is 0. The second-order valence-corrected chi connectivity index (χ2v) is 4.24. The molecule has 0 saturated heterocycles. The van der Waals surface area contributed by atoms with Gasteiger partial charge in [0.2, 0.25) is 0 Å². The molecule has 3 atom stereocenters. The second kappa shape index (κ2) is 7.21.